The fourth-order valence-corrected chi connectivity index (χ4v) is 1.74. The number of methoxy groups -OCH3 is 1. The first-order valence-corrected chi connectivity index (χ1v) is 6.14. The van der Waals surface area contributed by atoms with E-state index in [0.717, 1.165) is 0 Å². The Morgan fingerprint density at radius 1 is 1.42 bits per heavy atom. The largest absolute Gasteiger partial charge is 0.493 e. The van der Waals surface area contributed by atoms with Gasteiger partial charge in [-0.25, -0.2) is 9.18 Å². The lowest BCUT2D eigenvalue weighted by molar-refractivity contribution is -0.153. The zero-order chi connectivity index (χ0) is 14.6. The van der Waals surface area contributed by atoms with Crippen LogP contribution in [0.5, 0.6) is 5.75 Å². The van der Waals surface area contributed by atoms with Crippen molar-refractivity contribution < 1.29 is 23.8 Å². The Bertz CT molecular complexity index is 457. The fourth-order valence-electron chi connectivity index (χ4n) is 1.74. The highest BCUT2D eigenvalue weighted by Gasteiger charge is 2.25. The molecule has 0 saturated carbocycles. The number of benzene rings is 1. The molecular formula is C14H19FO4. The van der Waals surface area contributed by atoms with Gasteiger partial charge >= 0.3 is 5.97 Å². The van der Waals surface area contributed by atoms with E-state index in [0.29, 0.717) is 5.56 Å². The summed E-state index contributed by atoms with van der Waals surface area (Å²) >= 11 is 0. The molecule has 4 nitrogen and oxygen atoms in total. The van der Waals surface area contributed by atoms with Crippen LogP contribution in [0.1, 0.15) is 43.9 Å². The van der Waals surface area contributed by atoms with E-state index in [2.05, 4.69) is 0 Å². The van der Waals surface area contributed by atoms with E-state index >= 15 is 0 Å². The zero-order valence-corrected chi connectivity index (χ0v) is 11.6. The molecular weight excluding hydrogens is 251 g/mol. The van der Waals surface area contributed by atoms with E-state index in [4.69, 9.17) is 9.47 Å². The molecule has 0 fully saturated rings. The van der Waals surface area contributed by atoms with Crippen molar-refractivity contribution in [1.82, 2.24) is 0 Å². The molecule has 5 heteroatoms. The van der Waals surface area contributed by atoms with Crippen LogP contribution in [0.2, 0.25) is 0 Å². The third-order valence-corrected chi connectivity index (χ3v) is 2.77. The summed E-state index contributed by atoms with van der Waals surface area (Å²) in [5.41, 5.74) is 0.765. The first-order valence-electron chi connectivity index (χ1n) is 6.14. The molecule has 1 N–H and O–H groups in total. The lowest BCUT2D eigenvalue weighted by atomic mass is 9.97. The summed E-state index contributed by atoms with van der Waals surface area (Å²) in [5.74, 6) is -1.49. The van der Waals surface area contributed by atoms with Crippen molar-refractivity contribution in [1.29, 1.82) is 0 Å². The standard InChI is InChI=1S/C14H19FO4/c1-5-19-14(17)12(16)10-6-9(8(2)3)7-11(15)13(10)18-4/h6-8,12,16H,5H2,1-4H3. The Morgan fingerprint density at radius 3 is 2.53 bits per heavy atom. The third-order valence-electron chi connectivity index (χ3n) is 2.77. The van der Waals surface area contributed by atoms with Gasteiger partial charge < -0.3 is 14.6 Å². The van der Waals surface area contributed by atoms with Crippen LogP contribution in [0.4, 0.5) is 4.39 Å². The number of carbonyl (C=O) groups excluding carboxylic acids is 1. The zero-order valence-electron chi connectivity index (χ0n) is 11.6. The van der Waals surface area contributed by atoms with Crippen LogP contribution < -0.4 is 4.74 Å². The van der Waals surface area contributed by atoms with E-state index < -0.39 is 17.9 Å². The second-order valence-electron chi connectivity index (χ2n) is 4.43. The van der Waals surface area contributed by atoms with E-state index in [1.807, 2.05) is 13.8 Å². The number of rotatable bonds is 5. The van der Waals surface area contributed by atoms with Gasteiger partial charge in [0.1, 0.15) is 0 Å². The molecule has 1 aromatic rings. The second-order valence-corrected chi connectivity index (χ2v) is 4.43. The number of hydrogen-bond donors (Lipinski definition) is 1. The Hall–Kier alpha value is -1.62. The van der Waals surface area contributed by atoms with Gasteiger partial charge in [-0.05, 0) is 30.5 Å². The van der Waals surface area contributed by atoms with Gasteiger partial charge in [0.25, 0.3) is 0 Å². The van der Waals surface area contributed by atoms with E-state index in [9.17, 15) is 14.3 Å². The van der Waals surface area contributed by atoms with Gasteiger partial charge in [0, 0.05) is 5.56 Å². The number of hydrogen-bond acceptors (Lipinski definition) is 4. The highest BCUT2D eigenvalue weighted by Crippen LogP contribution is 2.32. The van der Waals surface area contributed by atoms with Crippen LogP contribution in [0.15, 0.2) is 12.1 Å². The summed E-state index contributed by atoms with van der Waals surface area (Å²) in [7, 11) is 1.29. The lowest BCUT2D eigenvalue weighted by Crippen LogP contribution is -2.17. The van der Waals surface area contributed by atoms with Crippen molar-refractivity contribution in [2.75, 3.05) is 13.7 Å². The van der Waals surface area contributed by atoms with Crippen LogP contribution >= 0.6 is 0 Å². The molecule has 1 atom stereocenters. The molecule has 0 spiro atoms. The average molecular weight is 270 g/mol. The van der Waals surface area contributed by atoms with Crippen LogP contribution in [0.25, 0.3) is 0 Å². The van der Waals surface area contributed by atoms with Gasteiger partial charge in [0.2, 0.25) is 0 Å². The number of ether oxygens (including phenoxy) is 2. The summed E-state index contributed by atoms with van der Waals surface area (Å²) in [6.45, 7) is 5.56. The Balaban J connectivity index is 3.26. The van der Waals surface area contributed by atoms with E-state index in [1.54, 1.807) is 13.0 Å². The number of aliphatic hydroxyl groups is 1. The van der Waals surface area contributed by atoms with Gasteiger partial charge in [-0.15, -0.1) is 0 Å². The van der Waals surface area contributed by atoms with Gasteiger partial charge in [0.15, 0.2) is 17.7 Å². The van der Waals surface area contributed by atoms with Crippen LogP contribution in [-0.4, -0.2) is 24.8 Å². The predicted molar refractivity (Wildman–Crippen MR) is 68.6 cm³/mol. The minimum atomic E-state index is -1.55. The maximum absolute atomic E-state index is 13.9. The second kappa shape index (κ2) is 6.52. The molecule has 1 unspecified atom stereocenters. The maximum Gasteiger partial charge on any atom is 0.339 e. The Labute approximate surface area is 112 Å². The number of carbonyl (C=O) groups is 1. The van der Waals surface area contributed by atoms with E-state index in [1.165, 1.54) is 13.2 Å². The molecule has 0 aromatic heterocycles. The molecule has 0 amide bonds. The van der Waals surface area contributed by atoms with Crippen molar-refractivity contribution in [3.63, 3.8) is 0 Å². The maximum atomic E-state index is 13.9. The first kappa shape index (κ1) is 15.4. The van der Waals surface area contributed by atoms with Crippen LogP contribution in [0.3, 0.4) is 0 Å². The molecule has 106 valence electrons. The number of aliphatic hydroxyl groups excluding tert-OH is 1. The topological polar surface area (TPSA) is 55.8 Å². The quantitative estimate of drug-likeness (QED) is 0.835. The molecule has 0 aliphatic rings. The molecule has 1 aromatic carbocycles. The van der Waals surface area contributed by atoms with Gasteiger partial charge in [-0.2, -0.15) is 0 Å². The normalized spacial score (nSPS) is 12.4. The van der Waals surface area contributed by atoms with Crippen molar-refractivity contribution in [3.05, 3.63) is 29.1 Å². The summed E-state index contributed by atoms with van der Waals surface area (Å²) in [6, 6.07) is 2.90. The lowest BCUT2D eigenvalue weighted by Gasteiger charge is -2.17. The smallest absolute Gasteiger partial charge is 0.339 e. The highest BCUT2D eigenvalue weighted by molar-refractivity contribution is 5.77. The Morgan fingerprint density at radius 2 is 2.05 bits per heavy atom. The molecule has 0 aliphatic carbocycles. The first-order chi connectivity index (χ1) is 8.92. The summed E-state index contributed by atoms with van der Waals surface area (Å²) in [5, 5.41) is 9.94. The molecule has 0 radical (unpaired) electrons. The van der Waals surface area contributed by atoms with Crippen LogP contribution in [0, 0.1) is 5.82 Å². The molecule has 0 heterocycles. The monoisotopic (exact) mass is 270 g/mol. The SMILES string of the molecule is CCOC(=O)C(O)c1cc(C(C)C)cc(F)c1OC. The molecule has 0 saturated heterocycles. The Kier molecular flexibility index (Phi) is 5.30. The van der Waals surface area contributed by atoms with E-state index in [-0.39, 0.29) is 23.8 Å². The molecule has 0 bridgehead atoms. The molecule has 0 aliphatic heterocycles. The van der Waals surface area contributed by atoms with Gasteiger partial charge in [0.05, 0.1) is 13.7 Å². The van der Waals surface area contributed by atoms with Gasteiger partial charge in [-0.1, -0.05) is 13.8 Å². The number of esters is 1. The third kappa shape index (κ3) is 3.44. The van der Waals surface area contributed by atoms with Crippen molar-refractivity contribution >= 4 is 5.97 Å². The average Bonchev–Trinajstić information content (AvgIpc) is 2.36. The summed E-state index contributed by atoms with van der Waals surface area (Å²) in [6.07, 6.45) is -1.55. The summed E-state index contributed by atoms with van der Waals surface area (Å²) in [4.78, 5) is 11.6. The number of halogens is 1. The van der Waals surface area contributed by atoms with Crippen molar-refractivity contribution in [3.8, 4) is 5.75 Å². The van der Waals surface area contributed by atoms with Crippen LogP contribution in [-0.2, 0) is 9.53 Å². The molecule has 19 heavy (non-hydrogen) atoms. The molecule has 1 rings (SSSR count). The van der Waals surface area contributed by atoms with Gasteiger partial charge in [-0.3, -0.25) is 0 Å². The van der Waals surface area contributed by atoms with Crippen molar-refractivity contribution in [2.24, 2.45) is 0 Å². The predicted octanol–water partition coefficient (Wildman–Crippen LogP) is 2.55. The summed E-state index contributed by atoms with van der Waals surface area (Å²) < 4.78 is 23.5. The fraction of sp³-hybridized carbons (Fsp3) is 0.500. The highest BCUT2D eigenvalue weighted by atomic mass is 19.1. The van der Waals surface area contributed by atoms with Crippen molar-refractivity contribution in [2.45, 2.75) is 32.8 Å². The minimum absolute atomic E-state index is 0.0635. The minimum Gasteiger partial charge on any atom is -0.493 e.